The standard InChI is InChI=1S/C14H20N2O5/c1-20-11-7-10(8-12(9-11)21-2)15-5-6-16-13(17)3-4-14(18)19/h7-9,15H,3-6H2,1-2H3,(H,16,17)(H,18,19). The minimum absolute atomic E-state index is 0.0116. The third-order valence-corrected chi connectivity index (χ3v) is 2.69. The molecule has 1 aromatic rings. The summed E-state index contributed by atoms with van der Waals surface area (Å²) in [4.78, 5) is 21.6. The van der Waals surface area contributed by atoms with E-state index in [1.807, 2.05) is 12.1 Å². The zero-order valence-electron chi connectivity index (χ0n) is 12.1. The van der Waals surface area contributed by atoms with E-state index in [0.717, 1.165) is 5.69 Å². The highest BCUT2D eigenvalue weighted by Gasteiger charge is 2.05. The number of rotatable bonds is 9. The Hall–Kier alpha value is -2.44. The Morgan fingerprint density at radius 1 is 1.05 bits per heavy atom. The number of carboxylic acids is 1. The van der Waals surface area contributed by atoms with Gasteiger partial charge in [-0.05, 0) is 0 Å². The second-order valence-corrected chi connectivity index (χ2v) is 4.27. The molecule has 0 spiro atoms. The van der Waals surface area contributed by atoms with Crippen LogP contribution in [0.15, 0.2) is 18.2 Å². The van der Waals surface area contributed by atoms with E-state index in [-0.39, 0.29) is 18.7 Å². The molecule has 21 heavy (non-hydrogen) atoms. The molecule has 0 bridgehead atoms. The summed E-state index contributed by atoms with van der Waals surface area (Å²) in [6, 6.07) is 5.39. The molecule has 0 saturated carbocycles. The van der Waals surface area contributed by atoms with Gasteiger partial charge in [0.15, 0.2) is 0 Å². The van der Waals surface area contributed by atoms with Crippen LogP contribution in [-0.2, 0) is 9.59 Å². The first kappa shape index (κ1) is 16.6. The molecule has 0 heterocycles. The smallest absolute Gasteiger partial charge is 0.303 e. The summed E-state index contributed by atoms with van der Waals surface area (Å²) in [5.41, 5.74) is 0.811. The van der Waals surface area contributed by atoms with Crippen LogP contribution in [0, 0.1) is 0 Å². The van der Waals surface area contributed by atoms with Crippen molar-refractivity contribution >= 4 is 17.6 Å². The van der Waals surface area contributed by atoms with Gasteiger partial charge in [0.2, 0.25) is 5.91 Å². The zero-order chi connectivity index (χ0) is 15.7. The highest BCUT2D eigenvalue weighted by atomic mass is 16.5. The van der Waals surface area contributed by atoms with Crippen molar-refractivity contribution in [3.63, 3.8) is 0 Å². The van der Waals surface area contributed by atoms with Gasteiger partial charge in [0.25, 0.3) is 0 Å². The molecule has 0 saturated heterocycles. The highest BCUT2D eigenvalue weighted by Crippen LogP contribution is 2.25. The Morgan fingerprint density at radius 2 is 1.67 bits per heavy atom. The van der Waals surface area contributed by atoms with E-state index in [0.29, 0.717) is 24.6 Å². The number of methoxy groups -OCH3 is 2. The molecule has 1 rings (SSSR count). The first-order chi connectivity index (χ1) is 10.0. The largest absolute Gasteiger partial charge is 0.497 e. The molecule has 7 heteroatoms. The van der Waals surface area contributed by atoms with E-state index in [9.17, 15) is 9.59 Å². The Labute approximate surface area is 123 Å². The third-order valence-electron chi connectivity index (χ3n) is 2.69. The first-order valence-electron chi connectivity index (χ1n) is 6.50. The zero-order valence-corrected chi connectivity index (χ0v) is 12.1. The van der Waals surface area contributed by atoms with Crippen molar-refractivity contribution in [1.29, 1.82) is 0 Å². The quantitative estimate of drug-likeness (QED) is 0.590. The Morgan fingerprint density at radius 3 is 2.19 bits per heavy atom. The number of hydrogen-bond acceptors (Lipinski definition) is 5. The van der Waals surface area contributed by atoms with Crippen LogP contribution in [0.3, 0.4) is 0 Å². The molecule has 116 valence electrons. The fourth-order valence-electron chi connectivity index (χ4n) is 1.63. The van der Waals surface area contributed by atoms with Crippen molar-refractivity contribution in [2.75, 3.05) is 32.6 Å². The first-order valence-corrected chi connectivity index (χ1v) is 6.50. The molecule has 1 aromatic carbocycles. The SMILES string of the molecule is COc1cc(NCCNC(=O)CCC(=O)O)cc(OC)c1. The van der Waals surface area contributed by atoms with Crippen molar-refractivity contribution in [3.05, 3.63) is 18.2 Å². The van der Waals surface area contributed by atoms with E-state index in [1.165, 1.54) is 0 Å². The number of carbonyl (C=O) groups excluding carboxylic acids is 1. The van der Waals surface area contributed by atoms with E-state index in [4.69, 9.17) is 14.6 Å². The molecule has 0 aliphatic rings. The number of aliphatic carboxylic acids is 1. The normalized spacial score (nSPS) is 9.81. The lowest BCUT2D eigenvalue weighted by atomic mass is 10.2. The molecule has 0 aromatic heterocycles. The Balaban J connectivity index is 2.35. The average molecular weight is 296 g/mol. The van der Waals surface area contributed by atoms with Gasteiger partial charge in [0.1, 0.15) is 11.5 Å². The molecule has 0 radical (unpaired) electrons. The maximum Gasteiger partial charge on any atom is 0.303 e. The molecule has 0 unspecified atom stereocenters. The van der Waals surface area contributed by atoms with Gasteiger partial charge in [-0.3, -0.25) is 9.59 Å². The van der Waals surface area contributed by atoms with Crippen LogP contribution in [0.5, 0.6) is 11.5 Å². The van der Waals surface area contributed by atoms with E-state index < -0.39 is 5.97 Å². The van der Waals surface area contributed by atoms with Crippen molar-refractivity contribution in [2.45, 2.75) is 12.8 Å². The van der Waals surface area contributed by atoms with Gasteiger partial charge in [0, 0.05) is 43.4 Å². The Kier molecular flexibility index (Phi) is 6.86. The minimum Gasteiger partial charge on any atom is -0.497 e. The van der Waals surface area contributed by atoms with Crippen LogP contribution in [0.2, 0.25) is 0 Å². The van der Waals surface area contributed by atoms with E-state index in [2.05, 4.69) is 10.6 Å². The number of amides is 1. The number of benzene rings is 1. The molecule has 0 aliphatic heterocycles. The predicted molar refractivity (Wildman–Crippen MR) is 77.9 cm³/mol. The van der Waals surface area contributed by atoms with Crippen molar-refractivity contribution in [1.82, 2.24) is 5.32 Å². The summed E-state index contributed by atoms with van der Waals surface area (Å²) in [6.45, 7) is 0.910. The van der Waals surface area contributed by atoms with Gasteiger partial charge in [-0.1, -0.05) is 0 Å². The number of ether oxygens (including phenoxy) is 2. The molecular formula is C14H20N2O5. The lowest BCUT2D eigenvalue weighted by molar-refractivity contribution is -0.138. The number of carboxylic acid groups (broad SMARTS) is 1. The van der Waals surface area contributed by atoms with Crippen LogP contribution in [0.25, 0.3) is 0 Å². The second kappa shape index (κ2) is 8.68. The summed E-state index contributed by atoms with van der Waals surface area (Å²) in [6.07, 6.45) is -0.172. The van der Waals surface area contributed by atoms with Crippen LogP contribution in [-0.4, -0.2) is 44.3 Å². The summed E-state index contributed by atoms with van der Waals surface area (Å²) >= 11 is 0. The lowest BCUT2D eigenvalue weighted by Gasteiger charge is -2.11. The summed E-state index contributed by atoms with van der Waals surface area (Å²) < 4.78 is 10.3. The Bertz CT molecular complexity index is 468. The van der Waals surface area contributed by atoms with Crippen LogP contribution in [0.4, 0.5) is 5.69 Å². The monoisotopic (exact) mass is 296 g/mol. The number of carbonyl (C=O) groups is 2. The maximum absolute atomic E-state index is 11.3. The fraction of sp³-hybridized carbons (Fsp3) is 0.429. The molecular weight excluding hydrogens is 276 g/mol. The average Bonchev–Trinajstić information content (AvgIpc) is 2.49. The summed E-state index contributed by atoms with van der Waals surface area (Å²) in [7, 11) is 3.14. The second-order valence-electron chi connectivity index (χ2n) is 4.27. The fourth-order valence-corrected chi connectivity index (χ4v) is 1.63. The van der Waals surface area contributed by atoms with Gasteiger partial charge >= 0.3 is 5.97 Å². The van der Waals surface area contributed by atoms with E-state index in [1.54, 1.807) is 20.3 Å². The van der Waals surface area contributed by atoms with E-state index >= 15 is 0 Å². The number of nitrogens with one attached hydrogen (secondary N) is 2. The van der Waals surface area contributed by atoms with Gasteiger partial charge in [-0.2, -0.15) is 0 Å². The molecule has 1 amide bonds. The number of anilines is 1. The molecule has 0 fully saturated rings. The van der Waals surface area contributed by atoms with Crippen LogP contribution in [0.1, 0.15) is 12.8 Å². The topological polar surface area (TPSA) is 96.9 Å². The molecule has 3 N–H and O–H groups in total. The molecule has 0 aliphatic carbocycles. The number of hydrogen-bond donors (Lipinski definition) is 3. The van der Waals surface area contributed by atoms with Gasteiger partial charge < -0.3 is 25.2 Å². The third kappa shape index (κ3) is 6.51. The lowest BCUT2D eigenvalue weighted by Crippen LogP contribution is -2.28. The minimum atomic E-state index is -0.980. The summed E-state index contributed by atoms with van der Waals surface area (Å²) in [5, 5.41) is 14.2. The van der Waals surface area contributed by atoms with Gasteiger partial charge in [0.05, 0.1) is 20.6 Å². The van der Waals surface area contributed by atoms with Crippen LogP contribution >= 0.6 is 0 Å². The van der Waals surface area contributed by atoms with Crippen LogP contribution < -0.4 is 20.1 Å². The maximum atomic E-state index is 11.3. The van der Waals surface area contributed by atoms with Crippen molar-refractivity contribution < 1.29 is 24.2 Å². The van der Waals surface area contributed by atoms with Crippen molar-refractivity contribution in [2.24, 2.45) is 0 Å². The highest BCUT2D eigenvalue weighted by molar-refractivity contribution is 5.80. The predicted octanol–water partition coefficient (Wildman–Crippen LogP) is 1.10. The molecule has 0 atom stereocenters. The van der Waals surface area contributed by atoms with Crippen molar-refractivity contribution in [3.8, 4) is 11.5 Å². The molecule has 7 nitrogen and oxygen atoms in total. The van der Waals surface area contributed by atoms with Gasteiger partial charge in [-0.15, -0.1) is 0 Å². The van der Waals surface area contributed by atoms with Gasteiger partial charge in [-0.25, -0.2) is 0 Å². The summed E-state index contributed by atoms with van der Waals surface area (Å²) in [5.74, 6) is 0.0823.